The molecule has 1 aromatic carbocycles. The van der Waals surface area contributed by atoms with Crippen molar-refractivity contribution in [3.63, 3.8) is 0 Å². The Morgan fingerprint density at radius 1 is 1.27 bits per heavy atom. The lowest BCUT2D eigenvalue weighted by Crippen LogP contribution is -2.32. The van der Waals surface area contributed by atoms with Crippen LogP contribution in [0.4, 0.5) is 11.9 Å². The fourth-order valence-corrected chi connectivity index (χ4v) is 2.15. The van der Waals surface area contributed by atoms with Gasteiger partial charge in [-0.25, -0.2) is 0 Å². The second-order valence-electron chi connectivity index (χ2n) is 5.57. The van der Waals surface area contributed by atoms with Crippen LogP contribution in [0.2, 0.25) is 5.02 Å². The van der Waals surface area contributed by atoms with Crippen molar-refractivity contribution in [2.24, 2.45) is 0 Å². The van der Waals surface area contributed by atoms with Crippen LogP contribution in [0.5, 0.6) is 11.8 Å². The van der Waals surface area contributed by atoms with Crippen LogP contribution in [0.1, 0.15) is 5.56 Å². The number of aromatic nitrogens is 3. The maximum absolute atomic E-state index is 11.8. The van der Waals surface area contributed by atoms with Crippen molar-refractivity contribution in [3.05, 3.63) is 28.8 Å². The van der Waals surface area contributed by atoms with Crippen LogP contribution in [0.15, 0.2) is 18.2 Å². The van der Waals surface area contributed by atoms with Gasteiger partial charge in [-0.1, -0.05) is 11.6 Å². The van der Waals surface area contributed by atoms with Crippen LogP contribution < -0.4 is 25.4 Å². The van der Waals surface area contributed by atoms with E-state index in [2.05, 4.69) is 20.3 Å². The first kappa shape index (κ1) is 19.5. The Morgan fingerprint density at radius 2 is 2.04 bits per heavy atom. The third-order valence-corrected chi connectivity index (χ3v) is 3.41. The third kappa shape index (κ3) is 5.92. The zero-order valence-corrected chi connectivity index (χ0v) is 15.6. The molecular weight excluding hydrogens is 360 g/mol. The second kappa shape index (κ2) is 9.04. The maximum atomic E-state index is 11.8. The lowest BCUT2D eigenvalue weighted by molar-refractivity contribution is -0.123. The number of nitrogens with one attached hydrogen (secondary N) is 1. The summed E-state index contributed by atoms with van der Waals surface area (Å²) >= 11 is 5.88. The monoisotopic (exact) mass is 380 g/mol. The van der Waals surface area contributed by atoms with E-state index in [0.29, 0.717) is 16.7 Å². The largest absolute Gasteiger partial charge is 0.484 e. The molecule has 140 valence electrons. The number of ether oxygens (including phenoxy) is 2. The molecule has 0 aliphatic heterocycles. The van der Waals surface area contributed by atoms with Crippen molar-refractivity contribution >= 4 is 29.4 Å². The van der Waals surface area contributed by atoms with Crippen LogP contribution in [0, 0.1) is 6.92 Å². The third-order valence-electron chi connectivity index (χ3n) is 3.17. The zero-order chi connectivity index (χ0) is 19.1. The first-order valence-electron chi connectivity index (χ1n) is 7.82. The molecule has 0 atom stereocenters. The van der Waals surface area contributed by atoms with Crippen molar-refractivity contribution in [1.82, 2.24) is 20.3 Å². The number of anilines is 2. The first-order chi connectivity index (χ1) is 12.3. The molecule has 1 heterocycles. The summed E-state index contributed by atoms with van der Waals surface area (Å²) in [6, 6.07) is 5.30. The average molecular weight is 381 g/mol. The molecule has 0 saturated carbocycles. The van der Waals surface area contributed by atoms with E-state index in [9.17, 15) is 4.79 Å². The smallest absolute Gasteiger partial charge is 0.323 e. The molecule has 0 unspecified atom stereocenters. The summed E-state index contributed by atoms with van der Waals surface area (Å²) in [6.45, 7) is 2.20. The van der Waals surface area contributed by atoms with Crippen LogP contribution in [0.3, 0.4) is 0 Å². The molecular formula is C16H21ClN6O3. The molecule has 3 N–H and O–H groups in total. The number of aryl methyl sites for hydroxylation is 1. The van der Waals surface area contributed by atoms with Crippen molar-refractivity contribution in [1.29, 1.82) is 0 Å². The summed E-state index contributed by atoms with van der Waals surface area (Å²) in [7, 11) is 3.56. The predicted molar refractivity (Wildman–Crippen MR) is 98.8 cm³/mol. The standard InChI is InChI=1S/C16H21ClN6O3/c1-10-8-11(17)4-5-12(10)26-9-13(24)19-6-7-25-16-21-14(18)20-15(22-16)23(2)3/h4-5,8H,6-7,9H2,1-3H3,(H,19,24)(H2,18,20,21,22). The summed E-state index contributed by atoms with van der Waals surface area (Å²) in [6.07, 6.45) is 0. The van der Waals surface area contributed by atoms with Crippen molar-refractivity contribution < 1.29 is 14.3 Å². The van der Waals surface area contributed by atoms with E-state index in [4.69, 9.17) is 26.8 Å². The Labute approximate surface area is 156 Å². The highest BCUT2D eigenvalue weighted by Gasteiger charge is 2.08. The molecule has 0 fully saturated rings. The quantitative estimate of drug-likeness (QED) is 0.653. The molecule has 0 radical (unpaired) electrons. The SMILES string of the molecule is Cc1cc(Cl)ccc1OCC(=O)NCCOc1nc(N)nc(N(C)C)n1. The number of carbonyl (C=O) groups excluding carboxylic acids is 1. The van der Waals surface area contributed by atoms with Crippen LogP contribution in [-0.2, 0) is 4.79 Å². The summed E-state index contributed by atoms with van der Waals surface area (Å²) in [4.78, 5) is 25.4. The molecule has 2 aromatic rings. The van der Waals surface area contributed by atoms with Crippen LogP contribution in [-0.4, -0.2) is 54.7 Å². The van der Waals surface area contributed by atoms with E-state index in [1.165, 1.54) is 0 Å². The van der Waals surface area contributed by atoms with E-state index >= 15 is 0 Å². The van der Waals surface area contributed by atoms with Crippen LogP contribution >= 0.6 is 11.6 Å². The van der Waals surface area contributed by atoms with E-state index in [1.807, 2.05) is 6.92 Å². The van der Waals surface area contributed by atoms with E-state index in [1.54, 1.807) is 37.2 Å². The fourth-order valence-electron chi connectivity index (χ4n) is 1.93. The molecule has 0 aliphatic carbocycles. The number of hydrogen-bond acceptors (Lipinski definition) is 8. The molecule has 0 spiro atoms. The number of amides is 1. The molecule has 1 aromatic heterocycles. The number of benzene rings is 1. The Hall–Kier alpha value is -2.81. The summed E-state index contributed by atoms with van der Waals surface area (Å²) in [5, 5.41) is 3.30. The number of rotatable bonds is 8. The minimum Gasteiger partial charge on any atom is -0.484 e. The molecule has 1 amide bonds. The molecule has 26 heavy (non-hydrogen) atoms. The van der Waals surface area contributed by atoms with Gasteiger partial charge in [0.05, 0.1) is 6.54 Å². The number of nitrogen functional groups attached to an aromatic ring is 1. The number of hydrogen-bond donors (Lipinski definition) is 2. The van der Waals surface area contributed by atoms with E-state index in [-0.39, 0.29) is 37.6 Å². The van der Waals surface area contributed by atoms with Gasteiger partial charge in [0, 0.05) is 19.1 Å². The van der Waals surface area contributed by atoms with Gasteiger partial charge >= 0.3 is 6.01 Å². The zero-order valence-electron chi connectivity index (χ0n) is 14.8. The highest BCUT2D eigenvalue weighted by Crippen LogP contribution is 2.21. The Kier molecular flexibility index (Phi) is 6.79. The predicted octanol–water partition coefficient (Wildman–Crippen LogP) is 1.06. The van der Waals surface area contributed by atoms with Gasteiger partial charge in [-0.05, 0) is 30.7 Å². The van der Waals surface area contributed by atoms with E-state index in [0.717, 1.165) is 5.56 Å². The lowest BCUT2D eigenvalue weighted by atomic mass is 10.2. The van der Waals surface area contributed by atoms with Gasteiger partial charge < -0.3 is 25.4 Å². The molecule has 0 bridgehead atoms. The minimum atomic E-state index is -0.271. The van der Waals surface area contributed by atoms with Crippen molar-refractivity contribution in [2.75, 3.05) is 44.5 Å². The number of halogens is 1. The molecule has 0 saturated heterocycles. The van der Waals surface area contributed by atoms with Gasteiger partial charge in [0.2, 0.25) is 11.9 Å². The molecule has 0 aliphatic rings. The highest BCUT2D eigenvalue weighted by molar-refractivity contribution is 6.30. The van der Waals surface area contributed by atoms with Gasteiger partial charge in [0.1, 0.15) is 12.4 Å². The van der Waals surface area contributed by atoms with Crippen molar-refractivity contribution in [2.45, 2.75) is 6.92 Å². The fraction of sp³-hybridized carbons (Fsp3) is 0.375. The van der Waals surface area contributed by atoms with Crippen molar-refractivity contribution in [3.8, 4) is 11.8 Å². The number of nitrogens with two attached hydrogens (primary N) is 1. The summed E-state index contributed by atoms with van der Waals surface area (Å²) < 4.78 is 10.8. The maximum Gasteiger partial charge on any atom is 0.323 e. The van der Waals surface area contributed by atoms with Crippen LogP contribution in [0.25, 0.3) is 0 Å². The van der Waals surface area contributed by atoms with E-state index < -0.39 is 0 Å². The highest BCUT2D eigenvalue weighted by atomic mass is 35.5. The molecule has 9 nitrogen and oxygen atoms in total. The average Bonchev–Trinajstić information content (AvgIpc) is 2.57. The molecule has 10 heteroatoms. The Morgan fingerprint density at radius 3 is 2.73 bits per heavy atom. The van der Waals surface area contributed by atoms with Gasteiger partial charge in [0.15, 0.2) is 6.61 Å². The molecule has 2 rings (SSSR count). The first-order valence-corrected chi connectivity index (χ1v) is 8.20. The Balaban J connectivity index is 1.73. The minimum absolute atomic E-state index is 0.0643. The number of carbonyl (C=O) groups is 1. The summed E-state index contributed by atoms with van der Waals surface area (Å²) in [5.41, 5.74) is 6.46. The van der Waals surface area contributed by atoms with Gasteiger partial charge in [-0.3, -0.25) is 4.79 Å². The topological polar surface area (TPSA) is 115 Å². The Bertz CT molecular complexity index is 772. The normalized spacial score (nSPS) is 10.3. The van der Waals surface area contributed by atoms with Gasteiger partial charge in [0.25, 0.3) is 5.91 Å². The number of nitrogens with zero attached hydrogens (tertiary/aromatic N) is 4. The van der Waals surface area contributed by atoms with Gasteiger partial charge in [-0.15, -0.1) is 0 Å². The summed E-state index contributed by atoms with van der Waals surface area (Å²) in [5.74, 6) is 0.794. The second-order valence-corrected chi connectivity index (χ2v) is 6.00. The lowest BCUT2D eigenvalue weighted by Gasteiger charge is -2.12. The van der Waals surface area contributed by atoms with Gasteiger partial charge in [-0.2, -0.15) is 15.0 Å².